The number of nitriles is 1. The predicted octanol–water partition coefficient (Wildman–Crippen LogP) is 1.84. The van der Waals surface area contributed by atoms with E-state index in [0.717, 1.165) is 10.1 Å². The first-order chi connectivity index (χ1) is 15.9. The lowest BCUT2D eigenvalue weighted by atomic mass is 10.2. The Labute approximate surface area is 190 Å². The summed E-state index contributed by atoms with van der Waals surface area (Å²) in [5.41, 5.74) is 0.00448. The third-order valence-electron chi connectivity index (χ3n) is 5.78. The van der Waals surface area contributed by atoms with E-state index in [0.29, 0.717) is 31.9 Å². The Kier molecular flexibility index (Phi) is 6.40. The molecule has 3 aromatic rings. The molecule has 1 aromatic heterocycles. The Morgan fingerprint density at radius 2 is 1.85 bits per heavy atom. The Hall–Kier alpha value is -3.74. The molecule has 1 fully saturated rings. The van der Waals surface area contributed by atoms with E-state index in [1.165, 1.54) is 23.7 Å². The summed E-state index contributed by atoms with van der Waals surface area (Å²) >= 11 is 0. The van der Waals surface area contributed by atoms with E-state index < -0.39 is 17.5 Å². The van der Waals surface area contributed by atoms with Gasteiger partial charge < -0.3 is 9.64 Å². The highest BCUT2D eigenvalue weighted by atomic mass is 19.1. The average molecular weight is 449 g/mol. The molecule has 33 heavy (non-hydrogen) atoms. The van der Waals surface area contributed by atoms with E-state index in [2.05, 4.69) is 4.90 Å². The van der Waals surface area contributed by atoms with Gasteiger partial charge in [-0.3, -0.25) is 14.3 Å². The lowest BCUT2D eigenvalue weighted by Crippen LogP contribution is -2.52. The number of hydrogen-bond acceptors (Lipinski definition) is 6. The molecular weight excluding hydrogens is 425 g/mol. The standard InChI is InChI=1S/C24H24FN5O3/c1-27(21-16-29(12-13-33-21)15-17-8-10-18(25)11-9-17)22-20(14-26)23(31)30(24(32)28(22)2)19-6-4-3-5-7-19/h3-11,21H,12-13,15-16H2,1-2H3. The summed E-state index contributed by atoms with van der Waals surface area (Å²) < 4.78 is 21.4. The zero-order valence-corrected chi connectivity index (χ0v) is 18.4. The van der Waals surface area contributed by atoms with Crippen molar-refractivity contribution in [2.75, 3.05) is 31.6 Å². The van der Waals surface area contributed by atoms with Gasteiger partial charge in [-0.1, -0.05) is 30.3 Å². The molecule has 4 rings (SSSR count). The normalized spacial score (nSPS) is 16.4. The Morgan fingerprint density at radius 1 is 1.15 bits per heavy atom. The maximum Gasteiger partial charge on any atom is 0.337 e. The summed E-state index contributed by atoms with van der Waals surface area (Å²) in [6.07, 6.45) is -0.483. The van der Waals surface area contributed by atoms with Gasteiger partial charge in [0.05, 0.1) is 12.3 Å². The molecule has 9 heteroatoms. The van der Waals surface area contributed by atoms with E-state index in [-0.39, 0.29) is 17.2 Å². The van der Waals surface area contributed by atoms with Crippen molar-refractivity contribution in [3.63, 3.8) is 0 Å². The number of benzene rings is 2. The van der Waals surface area contributed by atoms with Gasteiger partial charge in [0.25, 0.3) is 5.56 Å². The number of nitrogens with zero attached hydrogens (tertiary/aromatic N) is 5. The number of rotatable bonds is 5. The molecule has 0 aliphatic carbocycles. The second kappa shape index (κ2) is 9.40. The number of morpholine rings is 1. The quantitative estimate of drug-likeness (QED) is 0.591. The van der Waals surface area contributed by atoms with E-state index >= 15 is 0 Å². The maximum atomic E-state index is 13.2. The summed E-state index contributed by atoms with van der Waals surface area (Å²) in [6.45, 7) is 2.21. The zero-order valence-electron chi connectivity index (χ0n) is 18.4. The Morgan fingerprint density at radius 3 is 2.52 bits per heavy atom. The van der Waals surface area contributed by atoms with Gasteiger partial charge in [-0.25, -0.2) is 13.8 Å². The minimum absolute atomic E-state index is 0.136. The molecule has 1 atom stereocenters. The molecule has 8 nitrogen and oxygen atoms in total. The molecule has 0 spiro atoms. The number of ether oxygens (including phenoxy) is 1. The van der Waals surface area contributed by atoms with Crippen LogP contribution in [0.15, 0.2) is 64.2 Å². The third-order valence-corrected chi connectivity index (χ3v) is 5.78. The van der Waals surface area contributed by atoms with Crippen LogP contribution in [-0.4, -0.2) is 47.0 Å². The highest BCUT2D eigenvalue weighted by Crippen LogP contribution is 2.21. The van der Waals surface area contributed by atoms with Gasteiger partial charge in [0.2, 0.25) is 0 Å². The van der Waals surface area contributed by atoms with Crippen LogP contribution in [0.1, 0.15) is 11.1 Å². The molecule has 0 saturated carbocycles. The average Bonchev–Trinajstić information content (AvgIpc) is 2.83. The predicted molar refractivity (Wildman–Crippen MR) is 122 cm³/mol. The molecule has 2 heterocycles. The van der Waals surface area contributed by atoms with Gasteiger partial charge in [0.1, 0.15) is 23.9 Å². The first-order valence-corrected chi connectivity index (χ1v) is 10.5. The lowest BCUT2D eigenvalue weighted by molar-refractivity contribution is -0.0304. The molecule has 0 amide bonds. The molecule has 0 radical (unpaired) electrons. The van der Waals surface area contributed by atoms with Crippen LogP contribution < -0.4 is 16.1 Å². The number of hydrogen-bond donors (Lipinski definition) is 0. The van der Waals surface area contributed by atoms with Crippen molar-refractivity contribution >= 4 is 5.82 Å². The van der Waals surface area contributed by atoms with Gasteiger partial charge >= 0.3 is 5.69 Å². The van der Waals surface area contributed by atoms with Gasteiger partial charge in [-0.15, -0.1) is 0 Å². The topological polar surface area (TPSA) is 83.5 Å². The summed E-state index contributed by atoms with van der Waals surface area (Å²) in [5.74, 6) is -0.0816. The smallest absolute Gasteiger partial charge is 0.337 e. The van der Waals surface area contributed by atoms with E-state index in [9.17, 15) is 19.2 Å². The molecule has 1 aliphatic rings. The van der Waals surface area contributed by atoms with Crippen molar-refractivity contribution < 1.29 is 9.13 Å². The van der Waals surface area contributed by atoms with Crippen LogP contribution in [0.5, 0.6) is 0 Å². The lowest BCUT2D eigenvalue weighted by Gasteiger charge is -2.39. The second-order valence-electron chi connectivity index (χ2n) is 7.93. The van der Waals surface area contributed by atoms with E-state index in [1.54, 1.807) is 54.4 Å². The van der Waals surface area contributed by atoms with Crippen LogP contribution in [0.3, 0.4) is 0 Å². The van der Waals surface area contributed by atoms with Crippen LogP contribution in [0.25, 0.3) is 5.69 Å². The van der Waals surface area contributed by atoms with Crippen LogP contribution in [0.2, 0.25) is 0 Å². The summed E-state index contributed by atoms with van der Waals surface area (Å²) in [4.78, 5) is 30.0. The highest BCUT2D eigenvalue weighted by Gasteiger charge is 2.29. The minimum Gasteiger partial charge on any atom is -0.356 e. The van der Waals surface area contributed by atoms with Crippen molar-refractivity contribution in [3.8, 4) is 11.8 Å². The fraction of sp³-hybridized carbons (Fsp3) is 0.292. The van der Waals surface area contributed by atoms with Crippen LogP contribution in [-0.2, 0) is 18.3 Å². The number of halogens is 1. The van der Waals surface area contributed by atoms with E-state index in [1.807, 2.05) is 6.07 Å². The maximum absolute atomic E-state index is 13.2. The molecule has 170 valence electrons. The van der Waals surface area contributed by atoms with Crippen molar-refractivity contribution in [1.82, 2.24) is 14.0 Å². The van der Waals surface area contributed by atoms with Crippen LogP contribution in [0.4, 0.5) is 10.2 Å². The number of aromatic nitrogens is 2. The fourth-order valence-corrected chi connectivity index (χ4v) is 4.06. The SMILES string of the molecule is CN(c1c(C#N)c(=O)n(-c2ccccc2)c(=O)n1C)C1CN(Cc2ccc(F)cc2)CCO1. The molecular formula is C24H24FN5O3. The number of para-hydroxylation sites is 1. The second-order valence-corrected chi connectivity index (χ2v) is 7.93. The first-order valence-electron chi connectivity index (χ1n) is 10.5. The highest BCUT2D eigenvalue weighted by molar-refractivity contribution is 5.54. The first kappa shape index (κ1) is 22.5. The number of anilines is 1. The van der Waals surface area contributed by atoms with Gasteiger partial charge in [0, 0.05) is 33.7 Å². The van der Waals surface area contributed by atoms with Crippen LogP contribution >= 0.6 is 0 Å². The largest absolute Gasteiger partial charge is 0.356 e. The van der Waals surface area contributed by atoms with E-state index in [4.69, 9.17) is 4.74 Å². The number of likely N-dealkylation sites (N-methyl/N-ethyl adjacent to an activating group) is 1. The molecule has 1 unspecified atom stereocenters. The summed E-state index contributed by atoms with van der Waals surface area (Å²) in [7, 11) is 3.24. The van der Waals surface area contributed by atoms with Crippen molar-refractivity contribution in [3.05, 3.63) is 92.4 Å². The Bertz CT molecular complexity index is 1300. The van der Waals surface area contributed by atoms with Gasteiger partial charge in [-0.2, -0.15) is 5.26 Å². The van der Waals surface area contributed by atoms with Crippen LogP contribution in [0, 0.1) is 17.1 Å². The molecule has 0 bridgehead atoms. The van der Waals surface area contributed by atoms with Crippen molar-refractivity contribution in [2.24, 2.45) is 7.05 Å². The van der Waals surface area contributed by atoms with Crippen molar-refractivity contribution in [1.29, 1.82) is 5.26 Å². The summed E-state index contributed by atoms with van der Waals surface area (Å²) in [5, 5.41) is 9.82. The van der Waals surface area contributed by atoms with Gasteiger partial charge in [-0.05, 0) is 29.8 Å². The monoisotopic (exact) mass is 449 g/mol. The molecule has 1 saturated heterocycles. The minimum atomic E-state index is -0.673. The third kappa shape index (κ3) is 4.44. The summed E-state index contributed by atoms with van der Waals surface area (Å²) in [6, 6.07) is 16.8. The van der Waals surface area contributed by atoms with Gasteiger partial charge in [0.15, 0.2) is 5.56 Å². The molecule has 1 aliphatic heterocycles. The zero-order chi connectivity index (χ0) is 23.5. The molecule has 0 N–H and O–H groups in total. The van der Waals surface area contributed by atoms with Crippen molar-refractivity contribution in [2.45, 2.75) is 12.8 Å². The fourth-order valence-electron chi connectivity index (χ4n) is 4.06. The molecule has 2 aromatic carbocycles. The Balaban J connectivity index is 1.66.